The van der Waals surface area contributed by atoms with E-state index in [1.807, 2.05) is 13.0 Å². The van der Waals surface area contributed by atoms with Gasteiger partial charge in [0.25, 0.3) is 0 Å². The van der Waals surface area contributed by atoms with Gasteiger partial charge in [0, 0.05) is 12.2 Å². The molecule has 1 unspecified atom stereocenters. The highest BCUT2D eigenvalue weighted by atomic mass is 32.1. The lowest BCUT2D eigenvalue weighted by atomic mass is 10.1. The van der Waals surface area contributed by atoms with Gasteiger partial charge in [-0.2, -0.15) is 0 Å². The topological polar surface area (TPSA) is 29.3 Å². The second kappa shape index (κ2) is 4.37. The first kappa shape index (κ1) is 11.3. The number of anilines is 1. The first-order chi connectivity index (χ1) is 7.63. The molecular weight excluding hydrogens is 223 g/mol. The van der Waals surface area contributed by atoms with E-state index < -0.39 is 0 Å². The summed E-state index contributed by atoms with van der Waals surface area (Å²) in [7, 11) is 0. The van der Waals surface area contributed by atoms with Crippen LogP contribution in [0.4, 0.5) is 10.1 Å². The van der Waals surface area contributed by atoms with Crippen molar-refractivity contribution in [3.8, 4) is 0 Å². The fourth-order valence-electron chi connectivity index (χ4n) is 2.28. The van der Waals surface area contributed by atoms with E-state index >= 15 is 0 Å². The van der Waals surface area contributed by atoms with Gasteiger partial charge in [-0.3, -0.25) is 0 Å². The number of hydrogen-bond donors (Lipinski definition) is 1. The van der Waals surface area contributed by atoms with E-state index in [1.165, 1.54) is 11.6 Å². The Bertz CT molecular complexity index is 419. The predicted octanol–water partition coefficient (Wildman–Crippen LogP) is 2.25. The minimum absolute atomic E-state index is 0.0399. The third-order valence-electron chi connectivity index (χ3n) is 3.07. The van der Waals surface area contributed by atoms with Gasteiger partial charge in [0.1, 0.15) is 5.82 Å². The third-order valence-corrected chi connectivity index (χ3v) is 3.34. The molecule has 1 heterocycles. The van der Waals surface area contributed by atoms with Gasteiger partial charge in [-0.05, 0) is 30.5 Å². The van der Waals surface area contributed by atoms with Crippen LogP contribution in [0.3, 0.4) is 0 Å². The maximum atomic E-state index is 13.2. The highest BCUT2D eigenvalue weighted by Crippen LogP contribution is 2.31. The molecule has 4 heteroatoms. The van der Waals surface area contributed by atoms with Crippen molar-refractivity contribution in [2.45, 2.75) is 25.8 Å². The molecule has 2 N–H and O–H groups in total. The van der Waals surface area contributed by atoms with Crippen molar-refractivity contribution in [2.75, 3.05) is 11.4 Å². The quantitative estimate of drug-likeness (QED) is 0.819. The fourth-order valence-corrected chi connectivity index (χ4v) is 2.57. The number of thiocarbonyl (C=S) groups is 1. The molecule has 0 bridgehead atoms. The van der Waals surface area contributed by atoms with Crippen molar-refractivity contribution in [3.63, 3.8) is 0 Å². The molecule has 0 amide bonds. The SMILES string of the molecule is CCC(C(N)=S)N1CCc2ccc(F)cc21. The Morgan fingerprint density at radius 1 is 1.62 bits per heavy atom. The number of benzene rings is 1. The highest BCUT2D eigenvalue weighted by Gasteiger charge is 2.26. The number of nitrogens with two attached hydrogens (primary N) is 1. The van der Waals surface area contributed by atoms with Crippen LogP contribution in [-0.4, -0.2) is 17.6 Å². The van der Waals surface area contributed by atoms with Crippen LogP contribution in [0.1, 0.15) is 18.9 Å². The zero-order valence-electron chi connectivity index (χ0n) is 9.24. The molecule has 1 atom stereocenters. The Kier molecular flexibility index (Phi) is 3.10. The number of fused-ring (bicyclic) bond motifs is 1. The van der Waals surface area contributed by atoms with Gasteiger partial charge < -0.3 is 10.6 Å². The molecule has 1 aromatic carbocycles. The van der Waals surface area contributed by atoms with E-state index in [9.17, 15) is 4.39 Å². The van der Waals surface area contributed by atoms with Crippen LogP contribution in [0.5, 0.6) is 0 Å². The van der Waals surface area contributed by atoms with E-state index in [0.717, 1.165) is 25.1 Å². The summed E-state index contributed by atoms with van der Waals surface area (Å²) in [6, 6.07) is 4.96. The number of halogens is 1. The van der Waals surface area contributed by atoms with Crippen molar-refractivity contribution in [2.24, 2.45) is 5.73 Å². The molecule has 0 aliphatic carbocycles. The van der Waals surface area contributed by atoms with Gasteiger partial charge in [0.2, 0.25) is 0 Å². The Labute approximate surface area is 100 Å². The molecule has 86 valence electrons. The second-order valence-corrected chi connectivity index (χ2v) is 4.51. The lowest BCUT2D eigenvalue weighted by Crippen LogP contribution is -2.42. The van der Waals surface area contributed by atoms with E-state index in [4.69, 9.17) is 18.0 Å². The zero-order chi connectivity index (χ0) is 11.7. The van der Waals surface area contributed by atoms with Crippen molar-refractivity contribution in [1.82, 2.24) is 0 Å². The van der Waals surface area contributed by atoms with Crippen LogP contribution < -0.4 is 10.6 Å². The van der Waals surface area contributed by atoms with Gasteiger partial charge in [-0.1, -0.05) is 25.2 Å². The summed E-state index contributed by atoms with van der Waals surface area (Å²) in [5, 5.41) is 0. The van der Waals surface area contributed by atoms with Gasteiger partial charge in [-0.15, -0.1) is 0 Å². The van der Waals surface area contributed by atoms with Crippen LogP contribution in [0.25, 0.3) is 0 Å². The number of rotatable bonds is 3. The van der Waals surface area contributed by atoms with Crippen molar-refractivity contribution in [1.29, 1.82) is 0 Å². The fraction of sp³-hybridized carbons (Fsp3) is 0.417. The third kappa shape index (κ3) is 1.89. The molecular formula is C12H15FN2S. The molecule has 16 heavy (non-hydrogen) atoms. The molecule has 2 rings (SSSR count). The van der Waals surface area contributed by atoms with Crippen molar-refractivity contribution >= 4 is 22.9 Å². The van der Waals surface area contributed by atoms with Gasteiger partial charge >= 0.3 is 0 Å². The van der Waals surface area contributed by atoms with Crippen LogP contribution >= 0.6 is 12.2 Å². The Morgan fingerprint density at radius 2 is 2.38 bits per heavy atom. The van der Waals surface area contributed by atoms with Gasteiger partial charge in [0.05, 0.1) is 11.0 Å². The maximum absolute atomic E-state index is 13.2. The monoisotopic (exact) mass is 238 g/mol. The summed E-state index contributed by atoms with van der Waals surface area (Å²) >= 11 is 5.06. The molecule has 0 fully saturated rings. The molecule has 2 nitrogen and oxygen atoms in total. The van der Waals surface area contributed by atoms with E-state index in [0.29, 0.717) is 4.99 Å². The Balaban J connectivity index is 2.35. The van der Waals surface area contributed by atoms with Gasteiger partial charge in [0.15, 0.2) is 0 Å². The molecule has 0 spiro atoms. The second-order valence-electron chi connectivity index (χ2n) is 4.04. The minimum atomic E-state index is -0.205. The summed E-state index contributed by atoms with van der Waals surface area (Å²) in [5.74, 6) is -0.205. The van der Waals surface area contributed by atoms with Crippen LogP contribution in [0, 0.1) is 5.82 Å². The van der Waals surface area contributed by atoms with E-state index in [1.54, 1.807) is 6.07 Å². The summed E-state index contributed by atoms with van der Waals surface area (Å²) in [6.45, 7) is 2.91. The normalized spacial score (nSPS) is 16.0. The molecule has 0 aromatic heterocycles. The summed E-state index contributed by atoms with van der Waals surface area (Å²) in [6.07, 6.45) is 1.79. The largest absolute Gasteiger partial charge is 0.392 e. The lowest BCUT2D eigenvalue weighted by molar-refractivity contribution is 0.626. The standard InChI is InChI=1S/C12H15FN2S/c1-2-10(12(14)16)15-6-5-8-3-4-9(13)7-11(8)15/h3-4,7,10H,2,5-6H2,1H3,(H2,14,16). The average Bonchev–Trinajstić information content (AvgIpc) is 2.62. The summed E-state index contributed by atoms with van der Waals surface area (Å²) < 4.78 is 13.2. The molecule has 0 saturated carbocycles. The summed E-state index contributed by atoms with van der Waals surface area (Å²) in [4.78, 5) is 2.60. The van der Waals surface area contributed by atoms with E-state index in [-0.39, 0.29) is 11.9 Å². The molecule has 1 aliphatic heterocycles. The minimum Gasteiger partial charge on any atom is -0.392 e. The lowest BCUT2D eigenvalue weighted by Gasteiger charge is -2.28. The van der Waals surface area contributed by atoms with Crippen LogP contribution in [0.2, 0.25) is 0 Å². The first-order valence-corrected chi connectivity index (χ1v) is 5.88. The van der Waals surface area contributed by atoms with E-state index in [2.05, 4.69) is 4.90 Å². The van der Waals surface area contributed by atoms with Gasteiger partial charge in [-0.25, -0.2) is 4.39 Å². The number of hydrogen-bond acceptors (Lipinski definition) is 2. The Morgan fingerprint density at radius 3 is 3.00 bits per heavy atom. The smallest absolute Gasteiger partial charge is 0.125 e. The predicted molar refractivity (Wildman–Crippen MR) is 68.3 cm³/mol. The molecule has 1 aromatic rings. The van der Waals surface area contributed by atoms with Crippen molar-refractivity contribution in [3.05, 3.63) is 29.6 Å². The Hall–Kier alpha value is -1.16. The summed E-state index contributed by atoms with van der Waals surface area (Å²) in [5.41, 5.74) is 7.84. The van der Waals surface area contributed by atoms with Crippen LogP contribution in [0.15, 0.2) is 18.2 Å². The zero-order valence-corrected chi connectivity index (χ0v) is 10.1. The van der Waals surface area contributed by atoms with Crippen LogP contribution in [-0.2, 0) is 6.42 Å². The number of nitrogens with zero attached hydrogens (tertiary/aromatic N) is 1. The highest BCUT2D eigenvalue weighted by molar-refractivity contribution is 7.80. The maximum Gasteiger partial charge on any atom is 0.125 e. The molecule has 0 saturated heterocycles. The molecule has 1 aliphatic rings. The average molecular weight is 238 g/mol. The first-order valence-electron chi connectivity index (χ1n) is 5.48. The van der Waals surface area contributed by atoms with Crippen molar-refractivity contribution < 1.29 is 4.39 Å². The molecule has 0 radical (unpaired) electrons.